The van der Waals surface area contributed by atoms with E-state index < -0.39 is 0 Å². The first kappa shape index (κ1) is 17.9. The van der Waals surface area contributed by atoms with Crippen molar-refractivity contribution < 1.29 is 14.0 Å². The number of imide groups is 1. The highest BCUT2D eigenvalue weighted by molar-refractivity contribution is 5.97. The Morgan fingerprint density at radius 3 is 2.58 bits per heavy atom. The molecule has 130 valence electrons. The minimum Gasteiger partial charge on any atom is -0.356 e. The number of carbonyl (C=O) groups excluding carboxylic acids is 2. The normalized spacial score (nSPS) is 15.6. The van der Waals surface area contributed by atoms with Gasteiger partial charge in [0, 0.05) is 39.5 Å². The zero-order valence-corrected chi connectivity index (χ0v) is 13.8. The molecule has 0 unspecified atom stereocenters. The van der Waals surface area contributed by atoms with Gasteiger partial charge in [-0.25, -0.2) is 4.39 Å². The maximum absolute atomic E-state index is 13.1. The molecule has 0 atom stereocenters. The van der Waals surface area contributed by atoms with E-state index in [0.29, 0.717) is 51.3 Å². The van der Waals surface area contributed by atoms with E-state index in [9.17, 15) is 14.0 Å². The standard InChI is InChI=1S/C17H23FN4O2/c1-19-17(20-9-8-13-4-2-5-14(18)12-13)21-10-11-22-15(23)6-3-7-16(22)24/h2,4-5,12H,3,6-11H2,1H3,(H2,19,20,21). The number of halogens is 1. The number of hydrogen-bond acceptors (Lipinski definition) is 3. The Kier molecular flexibility index (Phi) is 6.72. The molecule has 7 heteroatoms. The van der Waals surface area contributed by atoms with Gasteiger partial charge in [-0.1, -0.05) is 12.1 Å². The number of nitrogens with one attached hydrogen (secondary N) is 2. The highest BCUT2D eigenvalue weighted by Gasteiger charge is 2.25. The zero-order valence-electron chi connectivity index (χ0n) is 13.8. The zero-order chi connectivity index (χ0) is 17.4. The van der Waals surface area contributed by atoms with E-state index in [0.717, 1.165) is 5.56 Å². The molecule has 0 bridgehead atoms. The molecule has 2 rings (SSSR count). The molecule has 0 aromatic heterocycles. The van der Waals surface area contributed by atoms with Crippen LogP contribution in [0.25, 0.3) is 0 Å². The molecule has 0 saturated carbocycles. The predicted octanol–water partition coefficient (Wildman–Crippen LogP) is 1.07. The van der Waals surface area contributed by atoms with Crippen LogP contribution in [0.15, 0.2) is 29.3 Å². The van der Waals surface area contributed by atoms with Crippen molar-refractivity contribution in [3.63, 3.8) is 0 Å². The van der Waals surface area contributed by atoms with Crippen LogP contribution in [-0.4, -0.2) is 49.4 Å². The average molecular weight is 334 g/mol. The van der Waals surface area contributed by atoms with E-state index in [2.05, 4.69) is 15.6 Å². The van der Waals surface area contributed by atoms with Crippen molar-refractivity contribution in [2.45, 2.75) is 25.7 Å². The van der Waals surface area contributed by atoms with Crippen molar-refractivity contribution in [1.82, 2.24) is 15.5 Å². The lowest BCUT2D eigenvalue weighted by Gasteiger charge is -2.25. The van der Waals surface area contributed by atoms with Gasteiger partial charge in [0.25, 0.3) is 0 Å². The van der Waals surface area contributed by atoms with E-state index in [1.165, 1.54) is 17.0 Å². The van der Waals surface area contributed by atoms with Gasteiger partial charge in [-0.05, 0) is 30.5 Å². The SMILES string of the molecule is CN=C(NCCc1cccc(F)c1)NCCN1C(=O)CCCC1=O. The first-order chi connectivity index (χ1) is 11.6. The summed E-state index contributed by atoms with van der Waals surface area (Å²) in [6.45, 7) is 1.38. The number of amides is 2. The molecule has 1 aliphatic heterocycles. The summed E-state index contributed by atoms with van der Waals surface area (Å²) in [5, 5.41) is 6.20. The van der Waals surface area contributed by atoms with Crippen LogP contribution in [0, 0.1) is 5.82 Å². The Morgan fingerprint density at radius 2 is 1.92 bits per heavy atom. The molecule has 2 N–H and O–H groups in total. The summed E-state index contributed by atoms with van der Waals surface area (Å²) in [7, 11) is 1.65. The van der Waals surface area contributed by atoms with Crippen molar-refractivity contribution in [2.75, 3.05) is 26.7 Å². The van der Waals surface area contributed by atoms with Crippen LogP contribution in [0.5, 0.6) is 0 Å². The van der Waals surface area contributed by atoms with Gasteiger partial charge in [0.1, 0.15) is 5.82 Å². The molecule has 0 aliphatic carbocycles. The first-order valence-corrected chi connectivity index (χ1v) is 8.12. The maximum Gasteiger partial charge on any atom is 0.229 e. The van der Waals surface area contributed by atoms with Gasteiger partial charge in [-0.3, -0.25) is 19.5 Å². The third-order valence-electron chi connectivity index (χ3n) is 3.83. The number of benzene rings is 1. The number of carbonyl (C=O) groups is 2. The molecule has 0 radical (unpaired) electrons. The Hall–Kier alpha value is -2.44. The van der Waals surface area contributed by atoms with E-state index >= 15 is 0 Å². The van der Waals surface area contributed by atoms with Crippen molar-refractivity contribution in [2.24, 2.45) is 4.99 Å². The summed E-state index contributed by atoms with van der Waals surface area (Å²) in [5.41, 5.74) is 0.905. The molecule has 0 spiro atoms. The minimum absolute atomic E-state index is 0.109. The number of aliphatic imine (C=N–C) groups is 1. The van der Waals surface area contributed by atoms with Crippen molar-refractivity contribution in [3.8, 4) is 0 Å². The van der Waals surface area contributed by atoms with Crippen molar-refractivity contribution in [3.05, 3.63) is 35.6 Å². The molecular formula is C17H23FN4O2. The van der Waals surface area contributed by atoms with Crippen molar-refractivity contribution >= 4 is 17.8 Å². The van der Waals surface area contributed by atoms with Crippen LogP contribution >= 0.6 is 0 Å². The number of likely N-dealkylation sites (tertiary alicyclic amines) is 1. The Morgan fingerprint density at radius 1 is 1.21 bits per heavy atom. The lowest BCUT2D eigenvalue weighted by Crippen LogP contribution is -2.46. The minimum atomic E-state index is -0.245. The van der Waals surface area contributed by atoms with Crippen LogP contribution < -0.4 is 10.6 Å². The third kappa shape index (κ3) is 5.33. The fourth-order valence-electron chi connectivity index (χ4n) is 2.57. The molecule has 1 aromatic rings. The van der Waals surface area contributed by atoms with Gasteiger partial charge >= 0.3 is 0 Å². The summed E-state index contributed by atoms with van der Waals surface area (Å²) in [6.07, 6.45) is 2.19. The lowest BCUT2D eigenvalue weighted by atomic mass is 10.1. The summed E-state index contributed by atoms with van der Waals surface area (Å²) < 4.78 is 13.1. The second-order valence-electron chi connectivity index (χ2n) is 5.60. The van der Waals surface area contributed by atoms with Gasteiger partial charge in [0.15, 0.2) is 5.96 Å². The summed E-state index contributed by atoms with van der Waals surface area (Å²) in [6, 6.07) is 6.48. The van der Waals surface area contributed by atoms with Crippen LogP contribution in [0.4, 0.5) is 4.39 Å². The second kappa shape index (κ2) is 9.00. The van der Waals surface area contributed by atoms with Gasteiger partial charge in [0.05, 0.1) is 0 Å². The number of guanidine groups is 1. The van der Waals surface area contributed by atoms with E-state index in [1.54, 1.807) is 13.1 Å². The second-order valence-corrected chi connectivity index (χ2v) is 5.60. The number of nitrogens with zero attached hydrogens (tertiary/aromatic N) is 2. The van der Waals surface area contributed by atoms with E-state index in [-0.39, 0.29) is 17.6 Å². The highest BCUT2D eigenvalue weighted by atomic mass is 19.1. The number of hydrogen-bond donors (Lipinski definition) is 2. The molecule has 1 aromatic carbocycles. The topological polar surface area (TPSA) is 73.8 Å². The Bertz CT molecular complexity index is 602. The monoisotopic (exact) mass is 334 g/mol. The molecule has 1 heterocycles. The van der Waals surface area contributed by atoms with Gasteiger partial charge in [-0.2, -0.15) is 0 Å². The molecular weight excluding hydrogens is 311 g/mol. The van der Waals surface area contributed by atoms with Crippen LogP contribution in [-0.2, 0) is 16.0 Å². The van der Waals surface area contributed by atoms with Crippen LogP contribution in [0.1, 0.15) is 24.8 Å². The summed E-state index contributed by atoms with van der Waals surface area (Å²) in [4.78, 5) is 28.8. The van der Waals surface area contributed by atoms with Gasteiger partial charge in [-0.15, -0.1) is 0 Å². The molecule has 24 heavy (non-hydrogen) atoms. The maximum atomic E-state index is 13.1. The first-order valence-electron chi connectivity index (χ1n) is 8.12. The molecule has 2 amide bonds. The van der Waals surface area contributed by atoms with E-state index in [1.807, 2.05) is 6.07 Å². The molecule has 1 fully saturated rings. The average Bonchev–Trinajstić information content (AvgIpc) is 2.56. The Balaban J connectivity index is 1.70. The molecule has 1 saturated heterocycles. The number of rotatable bonds is 6. The van der Waals surface area contributed by atoms with Crippen LogP contribution in [0.3, 0.4) is 0 Å². The van der Waals surface area contributed by atoms with Crippen LogP contribution in [0.2, 0.25) is 0 Å². The lowest BCUT2D eigenvalue weighted by molar-refractivity contribution is -0.147. The fraction of sp³-hybridized carbons (Fsp3) is 0.471. The molecule has 6 nitrogen and oxygen atoms in total. The Labute approximate surface area is 141 Å². The van der Waals surface area contributed by atoms with Gasteiger partial charge in [0.2, 0.25) is 11.8 Å². The summed E-state index contributed by atoms with van der Waals surface area (Å²) >= 11 is 0. The summed E-state index contributed by atoms with van der Waals surface area (Å²) in [5.74, 6) is 0.124. The highest BCUT2D eigenvalue weighted by Crippen LogP contribution is 2.11. The smallest absolute Gasteiger partial charge is 0.229 e. The van der Waals surface area contributed by atoms with Crippen molar-refractivity contribution in [1.29, 1.82) is 0 Å². The van der Waals surface area contributed by atoms with E-state index in [4.69, 9.17) is 0 Å². The molecule has 1 aliphatic rings. The predicted molar refractivity (Wildman–Crippen MR) is 90.0 cm³/mol. The largest absolute Gasteiger partial charge is 0.356 e. The number of piperidine rings is 1. The van der Waals surface area contributed by atoms with Gasteiger partial charge < -0.3 is 10.6 Å². The fourth-order valence-corrected chi connectivity index (χ4v) is 2.57. The quantitative estimate of drug-likeness (QED) is 0.464. The third-order valence-corrected chi connectivity index (χ3v) is 3.83.